The van der Waals surface area contributed by atoms with E-state index in [0.717, 1.165) is 17.6 Å². The molecule has 3 aromatic rings. The van der Waals surface area contributed by atoms with Crippen LogP contribution in [0.2, 0.25) is 0 Å². The maximum Gasteiger partial charge on any atom is 0.119 e. The maximum atomic E-state index is 5.65. The second-order valence-electron chi connectivity index (χ2n) is 4.69. The van der Waals surface area contributed by atoms with Crippen molar-refractivity contribution in [3.05, 3.63) is 66.4 Å². The molecule has 1 aromatic heterocycles. The van der Waals surface area contributed by atoms with Crippen LogP contribution >= 0.6 is 15.9 Å². The molecular weight excluding hydrogens is 314 g/mol. The fourth-order valence-electron chi connectivity index (χ4n) is 2.37. The molecule has 0 bridgehead atoms. The molecule has 0 aliphatic carbocycles. The van der Waals surface area contributed by atoms with E-state index in [2.05, 4.69) is 69.2 Å². The first-order valence-corrected chi connectivity index (χ1v) is 7.80. The van der Waals surface area contributed by atoms with Gasteiger partial charge in [0.2, 0.25) is 0 Å². The van der Waals surface area contributed by atoms with Gasteiger partial charge < -0.3 is 9.30 Å². The molecule has 0 atom stereocenters. The number of nitrogens with zero attached hydrogens (tertiary/aromatic N) is 1. The van der Waals surface area contributed by atoms with E-state index in [9.17, 15) is 0 Å². The van der Waals surface area contributed by atoms with Crippen molar-refractivity contribution in [3.8, 4) is 5.75 Å². The molecule has 102 valence electrons. The number of ether oxygens (including phenoxy) is 1. The maximum absolute atomic E-state index is 5.65. The van der Waals surface area contributed by atoms with Crippen molar-refractivity contribution in [2.24, 2.45) is 0 Å². The highest BCUT2D eigenvalue weighted by Crippen LogP contribution is 2.19. The minimum Gasteiger partial charge on any atom is -0.493 e. The van der Waals surface area contributed by atoms with Gasteiger partial charge in [-0.05, 0) is 35.2 Å². The van der Waals surface area contributed by atoms with Crippen LogP contribution in [0.1, 0.15) is 5.56 Å². The molecule has 0 radical (unpaired) electrons. The molecule has 0 spiro atoms. The lowest BCUT2D eigenvalue weighted by molar-refractivity contribution is 0.344. The summed E-state index contributed by atoms with van der Waals surface area (Å²) in [5.74, 6) is 0.929. The van der Waals surface area contributed by atoms with Gasteiger partial charge in [0.15, 0.2) is 0 Å². The first kappa shape index (κ1) is 13.3. The Morgan fingerprint density at radius 1 is 1.00 bits per heavy atom. The molecule has 2 aromatic carbocycles. The molecule has 0 amide bonds. The van der Waals surface area contributed by atoms with Crippen LogP contribution in [0, 0.1) is 0 Å². The zero-order chi connectivity index (χ0) is 13.8. The predicted octanol–water partition coefficient (Wildman–Crippen LogP) is 4.46. The van der Waals surface area contributed by atoms with Gasteiger partial charge >= 0.3 is 0 Å². The molecule has 0 aliphatic heterocycles. The summed E-state index contributed by atoms with van der Waals surface area (Å²) in [7, 11) is 0. The molecular formula is C17H16BrNO. The SMILES string of the molecule is BrCCOc1cccc(Cn2ccc3ccccc32)c1. The first-order valence-electron chi connectivity index (χ1n) is 6.68. The number of para-hydroxylation sites is 1. The summed E-state index contributed by atoms with van der Waals surface area (Å²) in [4.78, 5) is 0. The topological polar surface area (TPSA) is 14.2 Å². The molecule has 0 aliphatic rings. The Morgan fingerprint density at radius 2 is 1.90 bits per heavy atom. The number of aromatic nitrogens is 1. The van der Waals surface area contributed by atoms with E-state index in [-0.39, 0.29) is 0 Å². The van der Waals surface area contributed by atoms with Crippen LogP contribution in [0.4, 0.5) is 0 Å². The minimum atomic E-state index is 0.690. The Balaban J connectivity index is 1.83. The highest BCUT2D eigenvalue weighted by molar-refractivity contribution is 9.09. The fourth-order valence-corrected chi connectivity index (χ4v) is 2.53. The highest BCUT2D eigenvalue weighted by atomic mass is 79.9. The van der Waals surface area contributed by atoms with E-state index in [1.54, 1.807) is 0 Å². The summed E-state index contributed by atoms with van der Waals surface area (Å²) in [5, 5.41) is 2.12. The third kappa shape index (κ3) is 2.88. The number of rotatable bonds is 5. The van der Waals surface area contributed by atoms with E-state index in [0.29, 0.717) is 6.61 Å². The van der Waals surface area contributed by atoms with E-state index < -0.39 is 0 Å². The van der Waals surface area contributed by atoms with Crippen LogP contribution < -0.4 is 4.74 Å². The van der Waals surface area contributed by atoms with E-state index in [1.807, 2.05) is 12.1 Å². The second-order valence-corrected chi connectivity index (χ2v) is 5.48. The summed E-state index contributed by atoms with van der Waals surface area (Å²) in [6.07, 6.45) is 2.14. The van der Waals surface area contributed by atoms with Gasteiger partial charge in [-0.15, -0.1) is 0 Å². The molecule has 3 rings (SSSR count). The van der Waals surface area contributed by atoms with E-state index >= 15 is 0 Å². The molecule has 20 heavy (non-hydrogen) atoms. The number of hydrogen-bond acceptors (Lipinski definition) is 1. The van der Waals surface area contributed by atoms with Crippen molar-refractivity contribution in [2.45, 2.75) is 6.54 Å². The van der Waals surface area contributed by atoms with Gasteiger partial charge in [0.25, 0.3) is 0 Å². The monoisotopic (exact) mass is 329 g/mol. The molecule has 0 saturated carbocycles. The molecule has 0 N–H and O–H groups in total. The number of fused-ring (bicyclic) bond motifs is 1. The second kappa shape index (κ2) is 6.14. The smallest absolute Gasteiger partial charge is 0.119 e. The van der Waals surface area contributed by atoms with Gasteiger partial charge in [0.1, 0.15) is 5.75 Å². The van der Waals surface area contributed by atoms with Gasteiger partial charge in [-0.2, -0.15) is 0 Å². The van der Waals surface area contributed by atoms with Gasteiger partial charge in [0.05, 0.1) is 6.61 Å². The van der Waals surface area contributed by atoms with Crippen LogP contribution in [-0.2, 0) is 6.54 Å². The zero-order valence-electron chi connectivity index (χ0n) is 11.1. The fraction of sp³-hybridized carbons (Fsp3) is 0.176. The lowest BCUT2D eigenvalue weighted by Crippen LogP contribution is -2.00. The third-order valence-electron chi connectivity index (χ3n) is 3.28. The standard InChI is InChI=1S/C17H16BrNO/c18-9-11-20-16-6-3-4-14(12-16)13-19-10-8-15-5-1-2-7-17(15)19/h1-8,10,12H,9,11,13H2. The average Bonchev–Trinajstić information content (AvgIpc) is 2.89. The van der Waals surface area contributed by atoms with Crippen molar-refractivity contribution in [1.82, 2.24) is 4.57 Å². The Hall–Kier alpha value is -1.74. The largest absolute Gasteiger partial charge is 0.493 e. The molecule has 1 heterocycles. The molecule has 0 saturated heterocycles. The lowest BCUT2D eigenvalue weighted by Gasteiger charge is -2.09. The average molecular weight is 330 g/mol. The number of hydrogen-bond donors (Lipinski definition) is 0. The van der Waals surface area contributed by atoms with Crippen molar-refractivity contribution in [3.63, 3.8) is 0 Å². The van der Waals surface area contributed by atoms with Crippen molar-refractivity contribution in [2.75, 3.05) is 11.9 Å². The molecule has 0 fully saturated rings. The third-order valence-corrected chi connectivity index (χ3v) is 3.60. The van der Waals surface area contributed by atoms with Crippen molar-refractivity contribution < 1.29 is 4.74 Å². The summed E-state index contributed by atoms with van der Waals surface area (Å²) in [5.41, 5.74) is 2.51. The van der Waals surface area contributed by atoms with E-state index in [1.165, 1.54) is 16.5 Å². The van der Waals surface area contributed by atoms with Crippen LogP contribution in [0.15, 0.2) is 60.8 Å². The van der Waals surface area contributed by atoms with Gasteiger partial charge in [-0.3, -0.25) is 0 Å². The zero-order valence-corrected chi connectivity index (χ0v) is 12.7. The quantitative estimate of drug-likeness (QED) is 0.630. The van der Waals surface area contributed by atoms with Gasteiger partial charge in [0, 0.05) is 23.6 Å². The summed E-state index contributed by atoms with van der Waals surface area (Å²) < 4.78 is 7.91. The summed E-state index contributed by atoms with van der Waals surface area (Å²) in [6, 6.07) is 18.9. The Morgan fingerprint density at radius 3 is 2.80 bits per heavy atom. The van der Waals surface area contributed by atoms with Crippen LogP contribution in [0.25, 0.3) is 10.9 Å². The number of alkyl halides is 1. The Labute approximate surface area is 127 Å². The van der Waals surface area contributed by atoms with Crippen molar-refractivity contribution >= 4 is 26.8 Å². The number of benzene rings is 2. The molecule has 2 nitrogen and oxygen atoms in total. The van der Waals surface area contributed by atoms with E-state index in [4.69, 9.17) is 4.74 Å². The minimum absolute atomic E-state index is 0.690. The Bertz CT molecular complexity index is 705. The summed E-state index contributed by atoms with van der Waals surface area (Å²) in [6.45, 7) is 1.55. The van der Waals surface area contributed by atoms with Crippen LogP contribution in [-0.4, -0.2) is 16.5 Å². The van der Waals surface area contributed by atoms with Gasteiger partial charge in [-0.25, -0.2) is 0 Å². The number of halogens is 1. The highest BCUT2D eigenvalue weighted by Gasteiger charge is 2.02. The van der Waals surface area contributed by atoms with Gasteiger partial charge in [-0.1, -0.05) is 46.3 Å². The van der Waals surface area contributed by atoms with Crippen LogP contribution in [0.5, 0.6) is 5.75 Å². The Kier molecular flexibility index (Phi) is 4.07. The lowest BCUT2D eigenvalue weighted by atomic mass is 10.2. The molecule has 0 unspecified atom stereocenters. The normalized spacial score (nSPS) is 10.8. The summed E-state index contributed by atoms with van der Waals surface area (Å²) >= 11 is 3.37. The molecule has 3 heteroatoms. The predicted molar refractivity (Wildman–Crippen MR) is 86.8 cm³/mol. The first-order chi connectivity index (χ1) is 9.86. The van der Waals surface area contributed by atoms with Crippen molar-refractivity contribution in [1.29, 1.82) is 0 Å². The van der Waals surface area contributed by atoms with Crippen LogP contribution in [0.3, 0.4) is 0 Å².